The van der Waals surface area contributed by atoms with Gasteiger partial charge in [0.1, 0.15) is 5.82 Å². The molecule has 1 aliphatic heterocycles. The van der Waals surface area contributed by atoms with Crippen molar-refractivity contribution in [2.24, 2.45) is 5.92 Å². The Morgan fingerprint density at radius 1 is 1.14 bits per heavy atom. The number of benzene rings is 2. The Kier molecular flexibility index (Phi) is 2.93. The number of halogens is 1. The molecule has 0 radical (unpaired) electrons. The molecule has 3 atom stereocenters. The molecular weight excluding hydrogens is 261 g/mol. The fraction of sp³-hybridized carbons (Fsp3) is 0.263. The lowest BCUT2D eigenvalue weighted by Gasteiger charge is -2.20. The lowest BCUT2D eigenvalue weighted by molar-refractivity contribution is 0.522. The van der Waals surface area contributed by atoms with E-state index in [0.29, 0.717) is 17.9 Å². The molecule has 1 nitrogen and oxygen atoms in total. The van der Waals surface area contributed by atoms with Gasteiger partial charge in [0.25, 0.3) is 0 Å². The molecule has 2 heteroatoms. The molecule has 0 bridgehead atoms. The van der Waals surface area contributed by atoms with Crippen LogP contribution >= 0.6 is 0 Å². The summed E-state index contributed by atoms with van der Waals surface area (Å²) in [7, 11) is 0. The van der Waals surface area contributed by atoms with E-state index in [1.165, 1.54) is 11.1 Å². The Morgan fingerprint density at radius 2 is 1.95 bits per heavy atom. The maximum absolute atomic E-state index is 13.5. The van der Waals surface area contributed by atoms with Gasteiger partial charge in [-0.15, -0.1) is 0 Å². The average molecular weight is 279 g/mol. The van der Waals surface area contributed by atoms with Crippen LogP contribution in [-0.2, 0) is 6.42 Å². The van der Waals surface area contributed by atoms with E-state index < -0.39 is 0 Å². The largest absolute Gasteiger partial charge is 0.312 e. The van der Waals surface area contributed by atoms with E-state index in [0.717, 1.165) is 24.1 Å². The van der Waals surface area contributed by atoms with Crippen molar-refractivity contribution in [2.45, 2.75) is 18.4 Å². The summed E-state index contributed by atoms with van der Waals surface area (Å²) in [6, 6.07) is 16.1. The van der Waals surface area contributed by atoms with Crippen molar-refractivity contribution in [3.8, 4) is 0 Å². The van der Waals surface area contributed by atoms with Gasteiger partial charge in [0.2, 0.25) is 0 Å². The van der Waals surface area contributed by atoms with Gasteiger partial charge in [-0.1, -0.05) is 43.0 Å². The van der Waals surface area contributed by atoms with Gasteiger partial charge < -0.3 is 5.32 Å². The highest BCUT2D eigenvalue weighted by Crippen LogP contribution is 2.49. The first kappa shape index (κ1) is 12.8. The minimum Gasteiger partial charge on any atom is -0.312 e. The van der Waals surface area contributed by atoms with Gasteiger partial charge in [-0.3, -0.25) is 0 Å². The van der Waals surface area contributed by atoms with Crippen LogP contribution in [0, 0.1) is 11.7 Å². The number of hydrogen-bond donors (Lipinski definition) is 1. The normalized spacial score (nSPS) is 26.7. The molecule has 2 aliphatic rings. The van der Waals surface area contributed by atoms with Crippen LogP contribution in [0.4, 0.5) is 4.39 Å². The van der Waals surface area contributed by atoms with Crippen LogP contribution in [0.25, 0.3) is 5.57 Å². The van der Waals surface area contributed by atoms with Gasteiger partial charge in [0, 0.05) is 24.4 Å². The minimum absolute atomic E-state index is 0.145. The topological polar surface area (TPSA) is 12.0 Å². The fourth-order valence-corrected chi connectivity index (χ4v) is 3.98. The van der Waals surface area contributed by atoms with Crippen molar-refractivity contribution in [1.82, 2.24) is 5.32 Å². The Bertz CT molecular complexity index is 692. The van der Waals surface area contributed by atoms with Gasteiger partial charge in [-0.25, -0.2) is 4.39 Å². The number of hydrogen-bond acceptors (Lipinski definition) is 1. The van der Waals surface area contributed by atoms with Crippen molar-refractivity contribution >= 4 is 5.57 Å². The lowest BCUT2D eigenvalue weighted by Crippen LogP contribution is -2.29. The highest BCUT2D eigenvalue weighted by molar-refractivity contribution is 5.76. The first-order chi connectivity index (χ1) is 10.2. The van der Waals surface area contributed by atoms with Gasteiger partial charge in [-0.05, 0) is 40.8 Å². The lowest BCUT2D eigenvalue weighted by atomic mass is 9.86. The zero-order valence-corrected chi connectivity index (χ0v) is 11.9. The monoisotopic (exact) mass is 279 g/mol. The Hall–Kier alpha value is -1.93. The first-order valence-electron chi connectivity index (χ1n) is 7.50. The van der Waals surface area contributed by atoms with E-state index in [2.05, 4.69) is 36.2 Å². The van der Waals surface area contributed by atoms with Gasteiger partial charge in [0.15, 0.2) is 0 Å². The van der Waals surface area contributed by atoms with Crippen molar-refractivity contribution in [1.29, 1.82) is 0 Å². The molecule has 21 heavy (non-hydrogen) atoms. The summed E-state index contributed by atoms with van der Waals surface area (Å²) in [6.45, 7) is 5.21. The Balaban J connectivity index is 1.64. The van der Waals surface area contributed by atoms with Gasteiger partial charge >= 0.3 is 0 Å². The SMILES string of the molecule is C=C1c2ccc(F)cc2C2CNC(Cc3ccccc3)C12. The molecule has 3 unspecified atom stereocenters. The standard InChI is InChI=1S/C19H18FN/c1-12-15-8-7-14(20)10-16(15)17-11-21-18(19(12)17)9-13-5-3-2-4-6-13/h2-8,10,17-19,21H,1,9,11H2. The molecule has 1 N–H and O–H groups in total. The van der Waals surface area contributed by atoms with E-state index in [-0.39, 0.29) is 5.82 Å². The van der Waals surface area contributed by atoms with Crippen LogP contribution in [-0.4, -0.2) is 12.6 Å². The van der Waals surface area contributed by atoms with E-state index in [1.807, 2.05) is 12.1 Å². The average Bonchev–Trinajstić information content (AvgIpc) is 3.01. The molecule has 0 saturated carbocycles. The Labute approximate surface area is 124 Å². The number of rotatable bonds is 2. The summed E-state index contributed by atoms with van der Waals surface area (Å²) < 4.78 is 13.5. The molecule has 0 amide bonds. The van der Waals surface area contributed by atoms with Crippen molar-refractivity contribution in [3.05, 3.63) is 77.6 Å². The summed E-state index contributed by atoms with van der Waals surface area (Å²) in [6.07, 6.45) is 0.998. The number of fused-ring (bicyclic) bond motifs is 3. The Morgan fingerprint density at radius 3 is 2.76 bits per heavy atom. The van der Waals surface area contributed by atoms with E-state index in [9.17, 15) is 4.39 Å². The van der Waals surface area contributed by atoms with Crippen LogP contribution in [0.2, 0.25) is 0 Å². The molecule has 2 aromatic carbocycles. The van der Waals surface area contributed by atoms with Crippen molar-refractivity contribution < 1.29 is 4.39 Å². The molecule has 0 spiro atoms. The van der Waals surface area contributed by atoms with Crippen LogP contribution in [0.5, 0.6) is 0 Å². The van der Waals surface area contributed by atoms with E-state index in [1.54, 1.807) is 12.1 Å². The van der Waals surface area contributed by atoms with Gasteiger partial charge in [-0.2, -0.15) is 0 Å². The zero-order chi connectivity index (χ0) is 14.4. The molecule has 0 aromatic heterocycles. The third-order valence-electron chi connectivity index (χ3n) is 4.93. The maximum Gasteiger partial charge on any atom is 0.123 e. The summed E-state index contributed by atoms with van der Waals surface area (Å²) in [4.78, 5) is 0. The predicted molar refractivity (Wildman–Crippen MR) is 83.6 cm³/mol. The summed E-state index contributed by atoms with van der Waals surface area (Å²) in [5.41, 5.74) is 4.80. The third-order valence-corrected chi connectivity index (χ3v) is 4.93. The molecule has 2 aromatic rings. The quantitative estimate of drug-likeness (QED) is 0.882. The zero-order valence-electron chi connectivity index (χ0n) is 11.9. The first-order valence-corrected chi connectivity index (χ1v) is 7.50. The second-order valence-corrected chi connectivity index (χ2v) is 6.09. The second-order valence-electron chi connectivity index (χ2n) is 6.09. The smallest absolute Gasteiger partial charge is 0.123 e. The predicted octanol–water partition coefficient (Wildman–Crippen LogP) is 3.77. The summed E-state index contributed by atoms with van der Waals surface area (Å²) in [5, 5.41) is 3.61. The molecule has 1 fully saturated rings. The summed E-state index contributed by atoms with van der Waals surface area (Å²) in [5.74, 6) is 0.618. The molecule has 1 heterocycles. The molecule has 1 aliphatic carbocycles. The van der Waals surface area contributed by atoms with Gasteiger partial charge in [0.05, 0.1) is 0 Å². The fourth-order valence-electron chi connectivity index (χ4n) is 3.98. The highest BCUT2D eigenvalue weighted by atomic mass is 19.1. The second kappa shape index (κ2) is 4.81. The summed E-state index contributed by atoms with van der Waals surface area (Å²) >= 11 is 0. The molecule has 1 saturated heterocycles. The van der Waals surface area contributed by atoms with E-state index in [4.69, 9.17) is 0 Å². The minimum atomic E-state index is -0.145. The van der Waals surface area contributed by atoms with Crippen molar-refractivity contribution in [3.63, 3.8) is 0 Å². The molecule has 4 rings (SSSR count). The van der Waals surface area contributed by atoms with Crippen LogP contribution in [0.3, 0.4) is 0 Å². The van der Waals surface area contributed by atoms with E-state index >= 15 is 0 Å². The molecular formula is C19H18FN. The third kappa shape index (κ3) is 2.02. The van der Waals surface area contributed by atoms with Crippen LogP contribution in [0.1, 0.15) is 22.6 Å². The maximum atomic E-state index is 13.5. The van der Waals surface area contributed by atoms with Crippen molar-refractivity contribution in [2.75, 3.05) is 6.54 Å². The molecule has 106 valence electrons. The van der Waals surface area contributed by atoms with Crippen LogP contribution in [0.15, 0.2) is 55.1 Å². The number of nitrogens with one attached hydrogen (secondary N) is 1. The van der Waals surface area contributed by atoms with Crippen LogP contribution < -0.4 is 5.32 Å². The highest BCUT2D eigenvalue weighted by Gasteiger charge is 2.44.